The number of anilines is 2. The lowest BCUT2D eigenvalue weighted by molar-refractivity contribution is 0.700. The van der Waals surface area contributed by atoms with Gasteiger partial charge >= 0.3 is 0 Å². The summed E-state index contributed by atoms with van der Waals surface area (Å²) in [7, 11) is 1.80. The fourth-order valence-electron chi connectivity index (χ4n) is 1.69. The first-order valence-electron chi connectivity index (χ1n) is 5.86. The summed E-state index contributed by atoms with van der Waals surface area (Å²) in [6.45, 7) is 3.10. The van der Waals surface area contributed by atoms with Gasteiger partial charge in [-0.1, -0.05) is 6.92 Å². The first-order chi connectivity index (χ1) is 8.74. The number of aromatic nitrogens is 4. The number of rotatable bonds is 6. The number of hydrogen-bond acceptors (Lipinski definition) is 6. The highest BCUT2D eigenvalue weighted by Gasteiger charge is 2.10. The van der Waals surface area contributed by atoms with Crippen molar-refractivity contribution in [3.8, 4) is 0 Å². The number of H-pyrrole nitrogens is 1. The Balaban J connectivity index is 2.18. The number of thioether (sulfide) groups is 1. The smallest absolute Gasteiger partial charge is 0.226 e. The van der Waals surface area contributed by atoms with Crippen LogP contribution in [0.5, 0.6) is 0 Å². The molecule has 0 saturated heterocycles. The first-order valence-corrected chi connectivity index (χ1v) is 7.25. The molecule has 0 amide bonds. The van der Waals surface area contributed by atoms with Crippen LogP contribution >= 0.6 is 11.8 Å². The summed E-state index contributed by atoms with van der Waals surface area (Å²) in [5.74, 6) is 3.10. The van der Waals surface area contributed by atoms with Gasteiger partial charge < -0.3 is 15.6 Å². The maximum absolute atomic E-state index is 4.41. The van der Waals surface area contributed by atoms with Gasteiger partial charge in [-0.3, -0.25) is 0 Å². The van der Waals surface area contributed by atoms with E-state index in [1.807, 2.05) is 11.8 Å². The molecule has 0 saturated carbocycles. The highest BCUT2D eigenvalue weighted by molar-refractivity contribution is 7.98. The zero-order valence-corrected chi connectivity index (χ0v) is 11.6. The molecule has 7 heteroatoms. The largest absolute Gasteiger partial charge is 0.368 e. The molecule has 0 aromatic carbocycles. The zero-order valence-electron chi connectivity index (χ0n) is 10.8. The van der Waals surface area contributed by atoms with Gasteiger partial charge in [0, 0.05) is 13.6 Å². The van der Waals surface area contributed by atoms with Crippen molar-refractivity contribution < 1.29 is 0 Å². The van der Waals surface area contributed by atoms with Crippen molar-refractivity contribution in [2.75, 3.05) is 36.2 Å². The molecule has 0 radical (unpaired) electrons. The van der Waals surface area contributed by atoms with E-state index in [0.717, 1.165) is 23.6 Å². The van der Waals surface area contributed by atoms with Gasteiger partial charge in [-0.2, -0.15) is 21.7 Å². The Morgan fingerprint density at radius 2 is 2.28 bits per heavy atom. The second-order valence-corrected chi connectivity index (χ2v) is 5.10. The molecule has 0 fully saturated rings. The molecule has 2 heterocycles. The van der Waals surface area contributed by atoms with E-state index < -0.39 is 0 Å². The van der Waals surface area contributed by atoms with Gasteiger partial charge in [0.15, 0.2) is 11.5 Å². The van der Waals surface area contributed by atoms with Crippen molar-refractivity contribution in [2.45, 2.75) is 6.92 Å². The van der Waals surface area contributed by atoms with E-state index in [2.05, 4.69) is 43.7 Å². The van der Waals surface area contributed by atoms with Crippen LogP contribution < -0.4 is 10.6 Å². The summed E-state index contributed by atoms with van der Waals surface area (Å²) >= 11 is 1.85. The Bertz CT molecular complexity index is 511. The average Bonchev–Trinajstić information content (AvgIpc) is 2.84. The van der Waals surface area contributed by atoms with Crippen LogP contribution in [0.15, 0.2) is 6.33 Å². The molecule has 18 heavy (non-hydrogen) atoms. The summed E-state index contributed by atoms with van der Waals surface area (Å²) in [4.78, 5) is 15.9. The summed E-state index contributed by atoms with van der Waals surface area (Å²) < 4.78 is 0. The van der Waals surface area contributed by atoms with Crippen molar-refractivity contribution in [3.05, 3.63) is 6.33 Å². The highest BCUT2D eigenvalue weighted by atomic mass is 32.2. The molecule has 2 aromatic rings. The van der Waals surface area contributed by atoms with Crippen molar-refractivity contribution >= 4 is 34.7 Å². The molecule has 0 spiro atoms. The van der Waals surface area contributed by atoms with Crippen LogP contribution in [-0.2, 0) is 0 Å². The summed E-state index contributed by atoms with van der Waals surface area (Å²) in [6, 6.07) is 0. The van der Waals surface area contributed by atoms with E-state index in [9.17, 15) is 0 Å². The van der Waals surface area contributed by atoms with Gasteiger partial charge in [0.25, 0.3) is 0 Å². The second kappa shape index (κ2) is 5.90. The van der Waals surface area contributed by atoms with Gasteiger partial charge in [0.1, 0.15) is 5.52 Å². The van der Waals surface area contributed by atoms with Crippen molar-refractivity contribution in [1.29, 1.82) is 0 Å². The Morgan fingerprint density at radius 3 is 3.00 bits per heavy atom. The molecular weight excluding hydrogens is 248 g/mol. The molecule has 0 bridgehead atoms. The van der Waals surface area contributed by atoms with Crippen LogP contribution in [0.4, 0.5) is 11.8 Å². The lowest BCUT2D eigenvalue weighted by Crippen LogP contribution is -2.15. The fourth-order valence-corrected chi connectivity index (χ4v) is 2.37. The predicted molar refractivity (Wildman–Crippen MR) is 77.3 cm³/mol. The summed E-state index contributed by atoms with van der Waals surface area (Å²) in [5, 5.41) is 6.30. The van der Waals surface area contributed by atoms with Crippen molar-refractivity contribution in [1.82, 2.24) is 19.9 Å². The minimum Gasteiger partial charge on any atom is -0.368 e. The van der Waals surface area contributed by atoms with E-state index in [1.165, 1.54) is 0 Å². The monoisotopic (exact) mass is 266 g/mol. The number of aromatic amines is 1. The Morgan fingerprint density at radius 1 is 1.44 bits per heavy atom. The van der Waals surface area contributed by atoms with Crippen LogP contribution in [0.2, 0.25) is 0 Å². The normalized spacial score (nSPS) is 12.6. The highest BCUT2D eigenvalue weighted by Crippen LogP contribution is 2.18. The van der Waals surface area contributed by atoms with Crippen LogP contribution in [0.3, 0.4) is 0 Å². The summed E-state index contributed by atoms with van der Waals surface area (Å²) in [6.07, 6.45) is 3.75. The standard InChI is InChI=1S/C11H18N6S/c1-7(5-18-3)4-13-9-8-10(15-6-14-8)17-11(12-2)16-9/h6-7H,4-5H2,1-3H3,(H3,12,13,14,15,16,17). The summed E-state index contributed by atoms with van der Waals surface area (Å²) in [5.41, 5.74) is 1.53. The number of imidazole rings is 1. The third-order valence-corrected chi connectivity index (χ3v) is 3.48. The molecular formula is C11H18N6S. The number of fused-ring (bicyclic) bond motifs is 1. The van der Waals surface area contributed by atoms with E-state index >= 15 is 0 Å². The number of hydrogen-bond donors (Lipinski definition) is 3. The maximum atomic E-state index is 4.41. The molecule has 0 aliphatic heterocycles. The molecule has 0 aliphatic rings. The minimum atomic E-state index is 0.578. The Labute approximate surface area is 110 Å². The van der Waals surface area contributed by atoms with Gasteiger partial charge in [-0.15, -0.1) is 0 Å². The maximum Gasteiger partial charge on any atom is 0.226 e. The van der Waals surface area contributed by atoms with Crippen LogP contribution in [0.1, 0.15) is 6.92 Å². The molecule has 3 N–H and O–H groups in total. The van der Waals surface area contributed by atoms with Crippen LogP contribution in [0.25, 0.3) is 11.2 Å². The lowest BCUT2D eigenvalue weighted by atomic mass is 10.2. The predicted octanol–water partition coefficient (Wildman–Crippen LogP) is 1.81. The van der Waals surface area contributed by atoms with Crippen LogP contribution in [0, 0.1) is 5.92 Å². The first kappa shape index (κ1) is 12.9. The Kier molecular flexibility index (Phi) is 4.24. The third kappa shape index (κ3) is 2.84. The molecule has 2 rings (SSSR count). The van der Waals surface area contributed by atoms with E-state index in [0.29, 0.717) is 17.5 Å². The van der Waals surface area contributed by atoms with E-state index in [1.54, 1.807) is 13.4 Å². The molecule has 1 unspecified atom stereocenters. The zero-order chi connectivity index (χ0) is 13.0. The molecule has 6 nitrogen and oxygen atoms in total. The SMILES string of the molecule is CNc1nc(NCC(C)CSC)c2[nH]cnc2n1. The lowest BCUT2D eigenvalue weighted by Gasteiger charge is -2.12. The topological polar surface area (TPSA) is 78.5 Å². The minimum absolute atomic E-state index is 0.578. The molecule has 1 atom stereocenters. The van der Waals surface area contributed by atoms with Gasteiger partial charge in [0.2, 0.25) is 5.95 Å². The molecule has 2 aromatic heterocycles. The molecule has 0 aliphatic carbocycles. The van der Waals surface area contributed by atoms with Gasteiger partial charge in [-0.05, 0) is 17.9 Å². The Hall–Kier alpha value is -1.50. The fraction of sp³-hybridized carbons (Fsp3) is 0.545. The number of nitrogens with zero attached hydrogens (tertiary/aromatic N) is 3. The van der Waals surface area contributed by atoms with Crippen LogP contribution in [-0.4, -0.2) is 45.5 Å². The van der Waals surface area contributed by atoms with E-state index in [4.69, 9.17) is 0 Å². The quantitative estimate of drug-likeness (QED) is 0.740. The van der Waals surface area contributed by atoms with E-state index in [-0.39, 0.29) is 0 Å². The van der Waals surface area contributed by atoms with Crippen molar-refractivity contribution in [2.24, 2.45) is 5.92 Å². The third-order valence-electron chi connectivity index (χ3n) is 2.58. The second-order valence-electron chi connectivity index (χ2n) is 4.19. The van der Waals surface area contributed by atoms with Crippen molar-refractivity contribution in [3.63, 3.8) is 0 Å². The van der Waals surface area contributed by atoms with Gasteiger partial charge in [0.05, 0.1) is 6.33 Å². The number of nitrogens with one attached hydrogen (secondary N) is 3. The average molecular weight is 266 g/mol. The molecule has 98 valence electrons. The van der Waals surface area contributed by atoms with Gasteiger partial charge in [-0.25, -0.2) is 4.98 Å².